The van der Waals surface area contributed by atoms with Gasteiger partial charge in [0.2, 0.25) is 0 Å². The van der Waals surface area contributed by atoms with Crippen LogP contribution in [0.15, 0.2) is 0 Å². The van der Waals surface area contributed by atoms with E-state index in [1.807, 2.05) is 0 Å². The Kier molecular flexibility index (Phi) is 7.88. The molecule has 0 fully saturated rings. The number of hydrogen-bond acceptors (Lipinski definition) is 5. The molecule has 0 heterocycles. The molecule has 0 aliphatic heterocycles. The van der Waals surface area contributed by atoms with Crippen molar-refractivity contribution in [1.82, 2.24) is 0 Å². The van der Waals surface area contributed by atoms with Gasteiger partial charge in [-0.3, -0.25) is 0 Å². The van der Waals surface area contributed by atoms with Crippen molar-refractivity contribution in [3.63, 3.8) is 0 Å². The van der Waals surface area contributed by atoms with Gasteiger partial charge in [-0.2, -0.15) is 0 Å². The molecule has 0 aromatic carbocycles. The van der Waals surface area contributed by atoms with Crippen LogP contribution in [-0.4, -0.2) is 29.8 Å². The zero-order valence-electron chi connectivity index (χ0n) is 6.45. The quantitative estimate of drug-likeness (QED) is 0.456. The highest BCUT2D eigenvalue weighted by Crippen LogP contribution is 1.93. The van der Waals surface area contributed by atoms with Crippen molar-refractivity contribution in [2.45, 2.75) is 19.4 Å². The summed E-state index contributed by atoms with van der Waals surface area (Å²) in [5.41, 5.74) is 0. The summed E-state index contributed by atoms with van der Waals surface area (Å²) < 4.78 is 4.32. The summed E-state index contributed by atoms with van der Waals surface area (Å²) in [6.45, 7) is 1.67. The van der Waals surface area contributed by atoms with Crippen molar-refractivity contribution in [2.75, 3.05) is 6.61 Å². The van der Waals surface area contributed by atoms with Crippen molar-refractivity contribution in [3.05, 3.63) is 0 Å². The monoisotopic (exact) mass is 196 g/mol. The third-order valence-corrected chi connectivity index (χ3v) is 0.919. The molecule has 72 valence electrons. The van der Waals surface area contributed by atoms with E-state index < -0.39 is 24.5 Å². The van der Waals surface area contributed by atoms with Crippen molar-refractivity contribution >= 4 is 11.9 Å². The molecule has 0 saturated heterocycles. The van der Waals surface area contributed by atoms with Crippen LogP contribution in [0.5, 0.6) is 0 Å². The Labute approximate surface area is 75.7 Å². The van der Waals surface area contributed by atoms with E-state index in [0.717, 1.165) is 0 Å². The zero-order valence-corrected chi connectivity index (χ0v) is 7.21. The minimum atomic E-state index is -1.61. The van der Waals surface area contributed by atoms with Crippen LogP contribution in [0.2, 0.25) is 0 Å². The third kappa shape index (κ3) is 5.94. The van der Waals surface area contributed by atoms with Crippen LogP contribution in [0.3, 0.4) is 0 Å². The summed E-state index contributed by atoms with van der Waals surface area (Å²) in [5, 5.41) is 18.6. The molecule has 0 aliphatic rings. The molecule has 0 radical (unpaired) electrons. The lowest BCUT2D eigenvalue weighted by molar-refractivity contribution is -0.307. The van der Waals surface area contributed by atoms with E-state index in [0.29, 0.717) is 0 Å². The molecule has 0 aliphatic carbocycles. The van der Waals surface area contributed by atoms with Gasteiger partial charge < -0.3 is 32.2 Å². The molecular formula is C6H9ClO5-2. The molecule has 0 rings (SSSR count). The summed E-state index contributed by atoms with van der Waals surface area (Å²) in [5.74, 6) is -2.41. The van der Waals surface area contributed by atoms with E-state index in [4.69, 9.17) is 5.11 Å². The normalized spacial score (nSPS) is 11.2. The fraction of sp³-hybridized carbons (Fsp3) is 0.667. The predicted molar refractivity (Wildman–Crippen MR) is 32.3 cm³/mol. The minimum absolute atomic E-state index is 0. The second-order valence-corrected chi connectivity index (χ2v) is 1.84. The summed E-state index contributed by atoms with van der Waals surface area (Å²) in [7, 11) is 0. The van der Waals surface area contributed by atoms with Crippen molar-refractivity contribution in [2.24, 2.45) is 0 Å². The highest BCUT2D eigenvalue weighted by atomic mass is 35.5. The van der Waals surface area contributed by atoms with Crippen LogP contribution in [0.4, 0.5) is 0 Å². The second-order valence-electron chi connectivity index (χ2n) is 1.84. The number of carboxylic acid groups (broad SMARTS) is 1. The number of carbonyl (C=O) groups is 2. The molecule has 0 bridgehead atoms. The lowest BCUT2D eigenvalue weighted by Crippen LogP contribution is -3.00. The van der Waals surface area contributed by atoms with Crippen molar-refractivity contribution < 1.29 is 36.9 Å². The van der Waals surface area contributed by atoms with Crippen LogP contribution in [-0.2, 0) is 14.3 Å². The van der Waals surface area contributed by atoms with Crippen molar-refractivity contribution in [3.8, 4) is 0 Å². The highest BCUT2D eigenvalue weighted by Gasteiger charge is 2.15. The Hall–Kier alpha value is -0.810. The largest absolute Gasteiger partial charge is 1.00 e. The first kappa shape index (κ1) is 13.8. The number of carbonyl (C=O) groups excluding carboxylic acids is 2. The van der Waals surface area contributed by atoms with Crippen LogP contribution in [0.25, 0.3) is 0 Å². The molecule has 0 aromatic heterocycles. The first-order valence-corrected chi connectivity index (χ1v) is 3.12. The minimum Gasteiger partial charge on any atom is -1.00 e. The number of carboxylic acids is 1. The number of aliphatic carboxylic acids is 1. The lowest BCUT2D eigenvalue weighted by Gasteiger charge is -2.08. The molecule has 12 heavy (non-hydrogen) atoms. The maximum Gasteiger partial charge on any atom is 0.335 e. The maximum absolute atomic E-state index is 10.5. The average Bonchev–Trinajstić information content (AvgIpc) is 1.86. The number of esters is 1. The van der Waals surface area contributed by atoms with Gasteiger partial charge in [0.25, 0.3) is 0 Å². The Balaban J connectivity index is 0. The molecule has 0 spiro atoms. The number of aliphatic hydroxyl groups excluding tert-OH is 1. The fourth-order valence-corrected chi connectivity index (χ4v) is 0.480. The second kappa shape index (κ2) is 6.87. The Bertz CT molecular complexity index is 158. The first-order chi connectivity index (χ1) is 5.07. The molecule has 1 unspecified atom stereocenters. The van der Waals surface area contributed by atoms with Crippen molar-refractivity contribution in [1.29, 1.82) is 0 Å². The van der Waals surface area contributed by atoms with Gasteiger partial charge in [-0.25, -0.2) is 4.79 Å². The van der Waals surface area contributed by atoms with Crippen LogP contribution >= 0.6 is 0 Å². The highest BCUT2D eigenvalue weighted by molar-refractivity contribution is 5.79. The van der Waals surface area contributed by atoms with Gasteiger partial charge in [0, 0.05) is 12.4 Å². The lowest BCUT2D eigenvalue weighted by atomic mass is 10.2. The van der Waals surface area contributed by atoms with Gasteiger partial charge in [-0.15, -0.1) is 0 Å². The number of rotatable bonds is 4. The SMILES string of the molecule is CCOC(=O)C(O)CC(=O)[O-].[Cl-]. The summed E-state index contributed by atoms with van der Waals surface area (Å²) in [4.78, 5) is 20.4. The van der Waals surface area contributed by atoms with E-state index in [1.54, 1.807) is 6.92 Å². The smallest absolute Gasteiger partial charge is 0.335 e. The van der Waals surface area contributed by atoms with E-state index in [2.05, 4.69) is 4.74 Å². The van der Waals surface area contributed by atoms with E-state index in [9.17, 15) is 14.7 Å². The standard InChI is InChI=1S/C6H10O5.ClH/c1-2-11-6(10)4(7)3-5(8)9;/h4,7H,2-3H2,1H3,(H,8,9);1H/p-2. The molecule has 6 heteroatoms. The van der Waals surface area contributed by atoms with E-state index >= 15 is 0 Å². The zero-order chi connectivity index (χ0) is 8.85. The number of aliphatic hydroxyl groups is 1. The summed E-state index contributed by atoms with van der Waals surface area (Å²) in [6.07, 6.45) is -2.33. The Morgan fingerprint density at radius 1 is 1.58 bits per heavy atom. The molecule has 5 nitrogen and oxygen atoms in total. The third-order valence-electron chi connectivity index (χ3n) is 0.919. The number of halogens is 1. The molecule has 1 N–H and O–H groups in total. The van der Waals surface area contributed by atoms with Gasteiger partial charge in [0.05, 0.1) is 6.61 Å². The van der Waals surface area contributed by atoms with Gasteiger partial charge in [-0.1, -0.05) is 0 Å². The number of hydrogen-bond donors (Lipinski definition) is 1. The van der Waals surface area contributed by atoms with Crippen LogP contribution in [0.1, 0.15) is 13.3 Å². The molecule has 0 amide bonds. The first-order valence-electron chi connectivity index (χ1n) is 3.12. The topological polar surface area (TPSA) is 86.7 Å². The van der Waals surface area contributed by atoms with Gasteiger partial charge in [0.15, 0.2) is 6.10 Å². The Morgan fingerprint density at radius 3 is 2.42 bits per heavy atom. The number of ether oxygens (including phenoxy) is 1. The average molecular weight is 197 g/mol. The molecular weight excluding hydrogens is 188 g/mol. The van der Waals surface area contributed by atoms with Gasteiger partial charge >= 0.3 is 5.97 Å². The van der Waals surface area contributed by atoms with E-state index in [1.165, 1.54) is 0 Å². The predicted octanol–water partition coefficient (Wildman–Crippen LogP) is -4.95. The molecule has 1 atom stereocenters. The fourth-order valence-electron chi connectivity index (χ4n) is 0.480. The summed E-state index contributed by atoms with van der Waals surface area (Å²) in [6, 6.07) is 0. The van der Waals surface area contributed by atoms with Gasteiger partial charge in [-0.05, 0) is 6.92 Å². The van der Waals surface area contributed by atoms with Crippen LogP contribution < -0.4 is 17.5 Å². The van der Waals surface area contributed by atoms with E-state index in [-0.39, 0.29) is 19.0 Å². The van der Waals surface area contributed by atoms with Gasteiger partial charge in [0.1, 0.15) is 0 Å². The maximum atomic E-state index is 10.5. The van der Waals surface area contributed by atoms with Crippen LogP contribution in [0, 0.1) is 0 Å². The Morgan fingerprint density at radius 2 is 2.08 bits per heavy atom. The molecule has 0 aromatic rings. The summed E-state index contributed by atoms with van der Waals surface area (Å²) >= 11 is 0. The molecule has 0 saturated carbocycles.